The predicted octanol–water partition coefficient (Wildman–Crippen LogP) is 6.65. The van der Waals surface area contributed by atoms with E-state index in [-0.39, 0.29) is 10.8 Å². The molecule has 35 heavy (non-hydrogen) atoms. The molecule has 5 nitrogen and oxygen atoms in total. The van der Waals surface area contributed by atoms with Crippen molar-refractivity contribution >= 4 is 39.1 Å². The van der Waals surface area contributed by atoms with Crippen LogP contribution in [0.2, 0.25) is 0 Å². The van der Waals surface area contributed by atoms with Gasteiger partial charge in [-0.05, 0) is 79.1 Å². The Morgan fingerprint density at radius 1 is 0.771 bits per heavy atom. The van der Waals surface area contributed by atoms with E-state index < -0.39 is 10.0 Å². The summed E-state index contributed by atoms with van der Waals surface area (Å²) in [6.07, 6.45) is 0. The van der Waals surface area contributed by atoms with E-state index in [2.05, 4.69) is 28.2 Å². The number of anilines is 2. The summed E-state index contributed by atoms with van der Waals surface area (Å²) in [4.78, 5) is 14.3. The Morgan fingerprint density at radius 3 is 2.06 bits per heavy atom. The van der Waals surface area contributed by atoms with Crippen molar-refractivity contribution in [3.8, 4) is 0 Å². The van der Waals surface area contributed by atoms with Gasteiger partial charge in [-0.25, -0.2) is 8.42 Å². The fourth-order valence-corrected chi connectivity index (χ4v) is 5.57. The van der Waals surface area contributed by atoms with E-state index >= 15 is 0 Å². The van der Waals surface area contributed by atoms with Gasteiger partial charge in [0.05, 0.1) is 10.6 Å². The number of carbonyl (C=O) groups excluding carboxylic acids is 1. The summed E-state index contributed by atoms with van der Waals surface area (Å²) in [6.45, 7) is 3.74. The molecule has 2 N–H and O–H groups in total. The highest BCUT2D eigenvalue weighted by molar-refractivity contribution is 7.98. The molecule has 4 aromatic carbocycles. The van der Waals surface area contributed by atoms with Crippen molar-refractivity contribution in [2.45, 2.75) is 29.4 Å². The van der Waals surface area contributed by atoms with E-state index in [0.29, 0.717) is 16.8 Å². The quantitative estimate of drug-likeness (QED) is 0.265. The number of thioether (sulfide) groups is 1. The molecule has 0 radical (unpaired) electrons. The highest BCUT2D eigenvalue weighted by Gasteiger charge is 2.16. The molecule has 0 fully saturated rings. The van der Waals surface area contributed by atoms with Gasteiger partial charge >= 0.3 is 0 Å². The molecule has 0 saturated heterocycles. The minimum absolute atomic E-state index is 0.183. The Labute approximate surface area is 210 Å². The molecule has 0 spiro atoms. The van der Waals surface area contributed by atoms with Crippen LogP contribution >= 0.6 is 11.8 Å². The fourth-order valence-electron chi connectivity index (χ4n) is 3.56. The summed E-state index contributed by atoms with van der Waals surface area (Å²) in [5, 5.41) is 2.96. The van der Waals surface area contributed by atoms with Gasteiger partial charge in [0.15, 0.2) is 0 Å². The van der Waals surface area contributed by atoms with Crippen molar-refractivity contribution in [3.05, 3.63) is 119 Å². The molecule has 7 heteroatoms. The number of hydrogen-bond donors (Lipinski definition) is 2. The van der Waals surface area contributed by atoms with Crippen LogP contribution in [-0.2, 0) is 15.8 Å². The zero-order chi connectivity index (χ0) is 24.8. The average Bonchev–Trinajstić information content (AvgIpc) is 2.86. The van der Waals surface area contributed by atoms with Gasteiger partial charge in [-0.15, -0.1) is 11.8 Å². The van der Waals surface area contributed by atoms with Gasteiger partial charge in [0, 0.05) is 21.9 Å². The zero-order valence-corrected chi connectivity index (χ0v) is 21.1. The molecule has 0 aliphatic rings. The molecule has 4 rings (SSSR count). The first-order chi connectivity index (χ1) is 16.8. The number of carbonyl (C=O) groups is 1. The largest absolute Gasteiger partial charge is 0.322 e. The minimum atomic E-state index is -3.70. The first-order valence-electron chi connectivity index (χ1n) is 11.1. The van der Waals surface area contributed by atoms with Gasteiger partial charge in [-0.2, -0.15) is 0 Å². The lowest BCUT2D eigenvalue weighted by atomic mass is 10.1. The van der Waals surface area contributed by atoms with Crippen LogP contribution in [-0.4, -0.2) is 14.3 Å². The van der Waals surface area contributed by atoms with Gasteiger partial charge in [0.25, 0.3) is 15.9 Å². The highest BCUT2D eigenvalue weighted by Crippen LogP contribution is 2.26. The number of amides is 1. The van der Waals surface area contributed by atoms with Crippen LogP contribution in [0.1, 0.15) is 27.0 Å². The monoisotopic (exact) mass is 502 g/mol. The van der Waals surface area contributed by atoms with Crippen LogP contribution in [0.15, 0.2) is 107 Å². The lowest BCUT2D eigenvalue weighted by Crippen LogP contribution is -2.15. The summed E-state index contributed by atoms with van der Waals surface area (Å²) < 4.78 is 27.8. The maximum atomic E-state index is 12.9. The second-order valence-corrected chi connectivity index (χ2v) is 10.9. The molecule has 0 bridgehead atoms. The third kappa shape index (κ3) is 6.32. The molecule has 0 aliphatic carbocycles. The maximum absolute atomic E-state index is 12.9. The van der Waals surface area contributed by atoms with Crippen LogP contribution < -0.4 is 10.0 Å². The summed E-state index contributed by atoms with van der Waals surface area (Å²) in [5.41, 5.74) is 4.45. The average molecular weight is 503 g/mol. The molecule has 0 unspecified atom stereocenters. The maximum Gasteiger partial charge on any atom is 0.261 e. The van der Waals surface area contributed by atoms with Gasteiger partial charge < -0.3 is 5.32 Å². The number of nitrogens with one attached hydrogen (secondary N) is 2. The van der Waals surface area contributed by atoms with Crippen molar-refractivity contribution in [2.75, 3.05) is 10.0 Å². The van der Waals surface area contributed by atoms with Gasteiger partial charge in [0.2, 0.25) is 0 Å². The Balaban J connectivity index is 1.42. The summed E-state index contributed by atoms with van der Waals surface area (Å²) in [5.74, 6) is 0.596. The summed E-state index contributed by atoms with van der Waals surface area (Å²) in [7, 11) is -3.70. The Kier molecular flexibility index (Phi) is 7.58. The molecule has 4 aromatic rings. The van der Waals surface area contributed by atoms with Crippen LogP contribution in [0.4, 0.5) is 11.4 Å². The lowest BCUT2D eigenvalue weighted by molar-refractivity contribution is 0.102. The number of benzene rings is 4. The Hall–Kier alpha value is -3.55. The summed E-state index contributed by atoms with van der Waals surface area (Å²) >= 11 is 1.77. The van der Waals surface area contributed by atoms with E-state index in [1.54, 1.807) is 55.1 Å². The van der Waals surface area contributed by atoms with Crippen molar-refractivity contribution in [3.63, 3.8) is 0 Å². The highest BCUT2D eigenvalue weighted by atomic mass is 32.2. The minimum Gasteiger partial charge on any atom is -0.322 e. The second-order valence-electron chi connectivity index (χ2n) is 8.15. The standard InChI is InChI=1S/C28H26N2O3S2/c1-20-17-22(19-34-24-9-5-3-6-10-24)13-15-26(20)29-28(31)23-14-16-27(21(2)18-23)30-35(32,33)25-11-7-4-8-12-25/h3-18,30H,19H2,1-2H3,(H,29,31). The first-order valence-corrected chi connectivity index (χ1v) is 13.6. The topological polar surface area (TPSA) is 75.3 Å². The number of rotatable bonds is 8. The number of hydrogen-bond acceptors (Lipinski definition) is 4. The van der Waals surface area contributed by atoms with Crippen molar-refractivity contribution < 1.29 is 13.2 Å². The van der Waals surface area contributed by atoms with Crippen molar-refractivity contribution in [1.82, 2.24) is 0 Å². The molecule has 0 aliphatic heterocycles. The molecule has 0 saturated carbocycles. The Bertz CT molecular complexity index is 1440. The van der Waals surface area contributed by atoms with Crippen LogP contribution in [0, 0.1) is 13.8 Å². The first kappa shape index (κ1) is 24.6. The third-order valence-electron chi connectivity index (χ3n) is 5.47. The van der Waals surface area contributed by atoms with E-state index in [1.807, 2.05) is 37.3 Å². The number of aryl methyl sites for hydroxylation is 2. The smallest absolute Gasteiger partial charge is 0.261 e. The molecule has 1 amide bonds. The van der Waals surface area contributed by atoms with Gasteiger partial charge in [-0.3, -0.25) is 9.52 Å². The molecule has 0 aromatic heterocycles. The lowest BCUT2D eigenvalue weighted by Gasteiger charge is -2.13. The van der Waals surface area contributed by atoms with Gasteiger partial charge in [0.1, 0.15) is 0 Å². The van der Waals surface area contributed by atoms with Crippen LogP contribution in [0.3, 0.4) is 0 Å². The van der Waals surface area contributed by atoms with E-state index in [1.165, 1.54) is 22.6 Å². The van der Waals surface area contributed by atoms with Crippen molar-refractivity contribution in [2.24, 2.45) is 0 Å². The number of sulfonamides is 1. The van der Waals surface area contributed by atoms with E-state index in [4.69, 9.17) is 0 Å². The van der Waals surface area contributed by atoms with Crippen molar-refractivity contribution in [1.29, 1.82) is 0 Å². The molecule has 178 valence electrons. The fraction of sp³-hybridized carbons (Fsp3) is 0.107. The van der Waals surface area contributed by atoms with E-state index in [0.717, 1.165) is 17.0 Å². The second kappa shape index (κ2) is 10.8. The molecule has 0 atom stereocenters. The predicted molar refractivity (Wildman–Crippen MR) is 144 cm³/mol. The van der Waals surface area contributed by atoms with Gasteiger partial charge in [-0.1, -0.05) is 48.5 Å². The molecular formula is C28H26N2O3S2. The van der Waals surface area contributed by atoms with E-state index in [9.17, 15) is 13.2 Å². The molecular weight excluding hydrogens is 476 g/mol. The summed E-state index contributed by atoms with van der Waals surface area (Å²) in [6, 6.07) is 29.3. The van der Waals surface area contributed by atoms with Crippen LogP contribution in [0.5, 0.6) is 0 Å². The SMILES string of the molecule is Cc1cc(CSc2ccccc2)ccc1NC(=O)c1ccc(NS(=O)(=O)c2ccccc2)c(C)c1. The third-order valence-corrected chi connectivity index (χ3v) is 7.94. The molecule has 0 heterocycles. The zero-order valence-electron chi connectivity index (χ0n) is 19.5. The Morgan fingerprint density at radius 2 is 1.40 bits per heavy atom. The normalized spacial score (nSPS) is 11.1. The van der Waals surface area contributed by atoms with Crippen LogP contribution in [0.25, 0.3) is 0 Å².